The number of unbranched alkanes of at least 4 members (excludes halogenated alkanes) is 4. The van der Waals surface area contributed by atoms with Crippen LogP contribution in [0.4, 0.5) is 0 Å². The van der Waals surface area contributed by atoms with Crippen LogP contribution in [0.3, 0.4) is 0 Å². The molecule has 0 amide bonds. The Hall–Kier alpha value is -2.64. The second-order valence-corrected chi connectivity index (χ2v) is 11.0. The van der Waals surface area contributed by atoms with Crippen molar-refractivity contribution >= 4 is 23.9 Å². The van der Waals surface area contributed by atoms with E-state index < -0.39 is 53.7 Å². The molecule has 0 bridgehead atoms. The quantitative estimate of drug-likeness (QED) is 0.108. The average molecular weight is 535 g/mol. The predicted octanol–water partition coefficient (Wildman–Crippen LogP) is 5.77. The molecule has 8 heteroatoms. The van der Waals surface area contributed by atoms with E-state index in [2.05, 4.69) is 6.92 Å². The highest BCUT2D eigenvalue weighted by molar-refractivity contribution is 5.88. The first-order valence-corrected chi connectivity index (χ1v) is 14.0. The van der Waals surface area contributed by atoms with Crippen molar-refractivity contribution in [3.05, 3.63) is 22.8 Å². The van der Waals surface area contributed by atoms with E-state index in [1.165, 1.54) is 13.8 Å². The van der Waals surface area contributed by atoms with Crippen LogP contribution in [-0.2, 0) is 38.1 Å². The van der Waals surface area contributed by atoms with Crippen LogP contribution in [0.2, 0.25) is 0 Å². The molecule has 0 N–H and O–H groups in total. The largest absolute Gasteiger partial charge is 0.459 e. The lowest BCUT2D eigenvalue weighted by Gasteiger charge is -2.39. The molecule has 0 aliphatic heterocycles. The number of esters is 4. The summed E-state index contributed by atoms with van der Waals surface area (Å²) in [6.45, 7) is 13.8. The number of allylic oxidation sites excluding steroid dienone is 1. The summed E-state index contributed by atoms with van der Waals surface area (Å²) in [7, 11) is 0. The van der Waals surface area contributed by atoms with Crippen LogP contribution in [0, 0.1) is 11.8 Å². The van der Waals surface area contributed by atoms with Gasteiger partial charge < -0.3 is 18.9 Å². The summed E-state index contributed by atoms with van der Waals surface area (Å²) in [4.78, 5) is 50.4. The smallest absolute Gasteiger partial charge is 0.334 e. The molecule has 0 heterocycles. The van der Waals surface area contributed by atoms with Crippen molar-refractivity contribution in [3.8, 4) is 0 Å². The van der Waals surface area contributed by atoms with E-state index in [0.717, 1.165) is 25.7 Å². The molecule has 0 aromatic heterocycles. The van der Waals surface area contributed by atoms with Crippen LogP contribution in [-0.4, -0.2) is 47.8 Å². The molecule has 2 aliphatic rings. The van der Waals surface area contributed by atoms with E-state index in [-0.39, 0.29) is 12.3 Å². The first-order valence-electron chi connectivity index (χ1n) is 14.0. The molecule has 214 valence electrons. The van der Waals surface area contributed by atoms with E-state index in [1.807, 2.05) is 20.8 Å². The van der Waals surface area contributed by atoms with Gasteiger partial charge in [-0.15, -0.1) is 0 Å². The monoisotopic (exact) mass is 534 g/mol. The van der Waals surface area contributed by atoms with Gasteiger partial charge >= 0.3 is 23.9 Å². The van der Waals surface area contributed by atoms with E-state index in [1.54, 1.807) is 19.9 Å². The fourth-order valence-electron chi connectivity index (χ4n) is 5.71. The van der Waals surface area contributed by atoms with E-state index in [0.29, 0.717) is 36.0 Å². The van der Waals surface area contributed by atoms with Gasteiger partial charge in [0.2, 0.25) is 0 Å². The number of hydrogen-bond acceptors (Lipinski definition) is 8. The minimum Gasteiger partial charge on any atom is -0.459 e. The molecule has 6 unspecified atom stereocenters. The number of fused-ring (bicyclic) bond motifs is 1. The first kappa shape index (κ1) is 31.6. The van der Waals surface area contributed by atoms with Gasteiger partial charge in [-0.3, -0.25) is 14.4 Å². The Morgan fingerprint density at radius 1 is 0.947 bits per heavy atom. The number of carbonyl (C=O) groups excluding carboxylic acids is 4. The van der Waals surface area contributed by atoms with Crippen molar-refractivity contribution in [2.45, 2.75) is 131 Å². The highest BCUT2D eigenvalue weighted by atomic mass is 16.6. The molecule has 0 aromatic rings. The van der Waals surface area contributed by atoms with Crippen molar-refractivity contribution in [2.75, 3.05) is 0 Å². The highest BCUT2D eigenvalue weighted by Gasteiger charge is 2.59. The lowest BCUT2D eigenvalue weighted by molar-refractivity contribution is -0.180. The number of carbonyl (C=O) groups is 4. The lowest BCUT2D eigenvalue weighted by Crippen LogP contribution is -2.49. The molecule has 8 nitrogen and oxygen atoms in total. The molecule has 6 atom stereocenters. The zero-order valence-corrected chi connectivity index (χ0v) is 24.4. The van der Waals surface area contributed by atoms with Crippen LogP contribution < -0.4 is 0 Å². The summed E-state index contributed by atoms with van der Waals surface area (Å²) in [5, 5.41) is 0. The lowest BCUT2D eigenvalue weighted by atomic mass is 9.79. The molecule has 0 spiro atoms. The Bertz CT molecular complexity index is 948. The maximum Gasteiger partial charge on any atom is 0.334 e. The maximum absolute atomic E-state index is 13.1. The molecule has 38 heavy (non-hydrogen) atoms. The molecular formula is C30H46O8. The Morgan fingerprint density at radius 3 is 2.18 bits per heavy atom. The fourth-order valence-corrected chi connectivity index (χ4v) is 5.71. The third-order valence-electron chi connectivity index (χ3n) is 7.83. The van der Waals surface area contributed by atoms with Gasteiger partial charge in [0.25, 0.3) is 0 Å². The van der Waals surface area contributed by atoms with Gasteiger partial charge in [0.15, 0.2) is 12.2 Å². The number of hydrogen-bond donors (Lipinski definition) is 0. The zero-order chi connectivity index (χ0) is 28.6. The van der Waals surface area contributed by atoms with Crippen molar-refractivity contribution in [2.24, 2.45) is 11.8 Å². The highest BCUT2D eigenvalue weighted by Crippen LogP contribution is 2.51. The van der Waals surface area contributed by atoms with Crippen molar-refractivity contribution in [1.29, 1.82) is 0 Å². The Balaban J connectivity index is 2.55. The summed E-state index contributed by atoms with van der Waals surface area (Å²) in [6, 6.07) is 0. The minimum atomic E-state index is -1.06. The summed E-state index contributed by atoms with van der Waals surface area (Å²) >= 11 is 0. The predicted molar refractivity (Wildman–Crippen MR) is 143 cm³/mol. The number of ether oxygens (including phenoxy) is 4. The second kappa shape index (κ2) is 13.9. The van der Waals surface area contributed by atoms with E-state index in [9.17, 15) is 19.2 Å². The van der Waals surface area contributed by atoms with Crippen LogP contribution in [0.1, 0.15) is 107 Å². The van der Waals surface area contributed by atoms with Gasteiger partial charge in [-0.1, -0.05) is 45.6 Å². The second-order valence-electron chi connectivity index (χ2n) is 11.0. The normalized spacial score (nSPS) is 29.3. The molecular weight excluding hydrogens is 488 g/mol. The Kier molecular flexibility index (Phi) is 11.6. The molecule has 0 saturated heterocycles. The van der Waals surface area contributed by atoms with Gasteiger partial charge in [-0.05, 0) is 64.0 Å². The summed E-state index contributed by atoms with van der Waals surface area (Å²) in [5.74, 6) is -2.56. The van der Waals surface area contributed by atoms with Crippen LogP contribution in [0.25, 0.3) is 0 Å². The molecule has 1 saturated carbocycles. The average Bonchev–Trinajstić information content (AvgIpc) is 3.05. The standard InChI is InChI=1S/C30H46O8/c1-9-11-12-13-14-15-23(33)36-28-25-24(20(5)27(28)37-29(34)18(3)10-2)26(35-21(6)31)19(4)16-17-30(25,8)38-22(7)32/h10,19,25-28H,9,11-17H2,1-8H3/b18-10-. The third kappa shape index (κ3) is 7.70. The third-order valence-corrected chi connectivity index (χ3v) is 7.83. The van der Waals surface area contributed by atoms with Crippen molar-refractivity contribution in [1.82, 2.24) is 0 Å². The van der Waals surface area contributed by atoms with Gasteiger partial charge in [-0.25, -0.2) is 4.79 Å². The Morgan fingerprint density at radius 2 is 1.61 bits per heavy atom. The summed E-state index contributed by atoms with van der Waals surface area (Å²) in [6.07, 6.45) is 5.43. The van der Waals surface area contributed by atoms with E-state index >= 15 is 0 Å². The SMILES string of the molecule is C/C=C(/C)C(=O)OC1C(C)=C2C(OC(C)=O)C(C)CCC(C)(OC(C)=O)C2C1OC(=O)CCCCCCC. The van der Waals surface area contributed by atoms with Gasteiger partial charge in [0.05, 0.1) is 5.92 Å². The van der Waals surface area contributed by atoms with Gasteiger partial charge in [0, 0.05) is 25.8 Å². The van der Waals surface area contributed by atoms with E-state index in [4.69, 9.17) is 18.9 Å². The Labute approximate surface area is 227 Å². The summed E-state index contributed by atoms with van der Waals surface area (Å²) in [5.41, 5.74) is 0.717. The van der Waals surface area contributed by atoms with Gasteiger partial charge in [0.1, 0.15) is 11.7 Å². The zero-order valence-electron chi connectivity index (χ0n) is 24.4. The van der Waals surface area contributed by atoms with Gasteiger partial charge in [-0.2, -0.15) is 0 Å². The molecule has 0 radical (unpaired) electrons. The maximum atomic E-state index is 13.1. The molecule has 1 fully saturated rings. The molecule has 0 aromatic carbocycles. The van der Waals surface area contributed by atoms with Crippen LogP contribution in [0.5, 0.6) is 0 Å². The minimum absolute atomic E-state index is 0.0922. The van der Waals surface area contributed by atoms with Crippen LogP contribution >= 0.6 is 0 Å². The van der Waals surface area contributed by atoms with Crippen molar-refractivity contribution < 1.29 is 38.1 Å². The summed E-state index contributed by atoms with van der Waals surface area (Å²) < 4.78 is 23.8. The van der Waals surface area contributed by atoms with Crippen LogP contribution in [0.15, 0.2) is 22.8 Å². The van der Waals surface area contributed by atoms with Crippen molar-refractivity contribution in [3.63, 3.8) is 0 Å². The topological polar surface area (TPSA) is 105 Å². The number of rotatable bonds is 11. The molecule has 2 aliphatic carbocycles. The molecule has 2 rings (SSSR count). The first-order chi connectivity index (χ1) is 17.9. The fraction of sp³-hybridized carbons (Fsp3) is 0.733.